The zero-order chi connectivity index (χ0) is 26.0. The number of hydrogen-bond donors (Lipinski definition) is 0. The van der Waals surface area contributed by atoms with Gasteiger partial charge in [-0.25, -0.2) is 26.6 Å². The Hall–Kier alpha value is -2.99. The number of likely N-dealkylation sites (tertiary alicyclic amines) is 2. The van der Waals surface area contributed by atoms with Gasteiger partial charge < -0.3 is 9.64 Å². The minimum absolute atomic E-state index is 0.0220. The molecule has 2 saturated heterocycles. The second-order valence-electron chi connectivity index (χ2n) is 10.2. The molecule has 8 nitrogen and oxygen atoms in total. The molecule has 0 spiro atoms. The lowest BCUT2D eigenvalue weighted by atomic mass is 10.2. The number of anilines is 3. The number of carbonyl (C=O) groups excluding carboxylic acids is 1. The molecular weight excluding hydrogens is 497 g/mol. The zero-order valence-electron chi connectivity index (χ0n) is 20.1. The first-order chi connectivity index (χ1) is 16.9. The third kappa shape index (κ3) is 4.15. The molecule has 2 bridgehead atoms. The van der Waals surface area contributed by atoms with Crippen molar-refractivity contribution in [3.05, 3.63) is 53.8 Å². The summed E-state index contributed by atoms with van der Waals surface area (Å²) in [5, 5.41) is 0. The number of benzene rings is 2. The molecule has 0 aromatic heterocycles. The molecule has 1 amide bonds. The van der Waals surface area contributed by atoms with Crippen LogP contribution in [0.15, 0.2) is 36.4 Å². The molecule has 194 valence electrons. The summed E-state index contributed by atoms with van der Waals surface area (Å²) in [6.07, 6.45) is 0.408. The Bertz CT molecular complexity index is 1290. The van der Waals surface area contributed by atoms with E-state index < -0.39 is 38.9 Å². The van der Waals surface area contributed by atoms with Gasteiger partial charge in [0.25, 0.3) is 0 Å². The van der Waals surface area contributed by atoms with Gasteiger partial charge in [0.15, 0.2) is 11.6 Å². The van der Waals surface area contributed by atoms with Crippen molar-refractivity contribution in [2.24, 2.45) is 0 Å². The summed E-state index contributed by atoms with van der Waals surface area (Å²) in [5.74, 6) is -3.77. The maximum Gasteiger partial charge on any atom is 0.410 e. The van der Waals surface area contributed by atoms with E-state index in [-0.39, 0.29) is 36.1 Å². The van der Waals surface area contributed by atoms with Crippen LogP contribution in [-0.4, -0.2) is 68.2 Å². The van der Waals surface area contributed by atoms with E-state index in [0.29, 0.717) is 36.1 Å². The van der Waals surface area contributed by atoms with Gasteiger partial charge in [-0.1, -0.05) is 12.1 Å². The number of rotatable bonds is 4. The lowest BCUT2D eigenvalue weighted by molar-refractivity contribution is 0.0132. The maximum absolute atomic E-state index is 14.6. The number of hydrogen-bond acceptors (Lipinski definition) is 5. The van der Waals surface area contributed by atoms with E-state index in [9.17, 15) is 26.4 Å². The summed E-state index contributed by atoms with van der Waals surface area (Å²) in [7, 11) is -4.39. The summed E-state index contributed by atoms with van der Waals surface area (Å²) in [4.78, 5) is 16.3. The van der Waals surface area contributed by atoms with Crippen molar-refractivity contribution >= 4 is 33.4 Å². The van der Waals surface area contributed by atoms with Gasteiger partial charge in [0.2, 0.25) is 0 Å². The smallest absolute Gasteiger partial charge is 0.410 e. The number of para-hydroxylation sites is 2. The van der Waals surface area contributed by atoms with E-state index >= 15 is 0 Å². The normalized spacial score (nSPS) is 22.9. The molecule has 0 N–H and O–H groups in total. The summed E-state index contributed by atoms with van der Waals surface area (Å²) >= 11 is 0. The van der Waals surface area contributed by atoms with Crippen molar-refractivity contribution in [2.45, 2.75) is 44.9 Å². The Kier molecular flexibility index (Phi) is 5.86. The van der Waals surface area contributed by atoms with Gasteiger partial charge in [0.1, 0.15) is 17.1 Å². The van der Waals surface area contributed by atoms with Crippen molar-refractivity contribution in [1.29, 1.82) is 0 Å². The average Bonchev–Trinajstić information content (AvgIpc) is 3.41. The molecule has 2 atom stereocenters. The molecule has 2 fully saturated rings. The van der Waals surface area contributed by atoms with Gasteiger partial charge in [-0.15, -0.1) is 0 Å². The number of ether oxygens (including phenoxy) is 1. The third-order valence-corrected chi connectivity index (χ3v) is 8.41. The fourth-order valence-electron chi connectivity index (χ4n) is 5.18. The van der Waals surface area contributed by atoms with Crippen LogP contribution in [0.25, 0.3) is 0 Å². The summed E-state index contributed by atoms with van der Waals surface area (Å²) < 4.78 is 76.9. The zero-order valence-corrected chi connectivity index (χ0v) is 20.9. The highest BCUT2D eigenvalue weighted by Crippen LogP contribution is 2.46. The van der Waals surface area contributed by atoms with Crippen LogP contribution in [0, 0.1) is 17.5 Å². The summed E-state index contributed by atoms with van der Waals surface area (Å²) in [5.41, 5.74) is -1.08. The van der Waals surface area contributed by atoms with Crippen LogP contribution in [0.4, 0.5) is 35.0 Å². The SMILES string of the molecule is CC(C)(C)OC(=O)N1C[C@@H]2C[C@H]1CN2CCN1c2ccccc2N(c2c(F)cc(F)cc2F)S1(=O)=O. The molecule has 0 aliphatic carbocycles. The lowest BCUT2D eigenvalue weighted by Crippen LogP contribution is -2.51. The first-order valence-corrected chi connectivity index (χ1v) is 13.1. The summed E-state index contributed by atoms with van der Waals surface area (Å²) in [6, 6.07) is 7.16. The first kappa shape index (κ1) is 24.7. The first-order valence-electron chi connectivity index (χ1n) is 11.7. The quantitative estimate of drug-likeness (QED) is 0.605. The Morgan fingerprint density at radius 2 is 1.64 bits per heavy atom. The monoisotopic (exact) mass is 524 g/mol. The van der Waals surface area contributed by atoms with Crippen molar-refractivity contribution in [2.75, 3.05) is 34.8 Å². The number of amides is 1. The highest BCUT2D eigenvalue weighted by Gasteiger charge is 2.48. The molecule has 3 heterocycles. The van der Waals surface area contributed by atoms with Crippen LogP contribution < -0.4 is 8.61 Å². The molecule has 3 aliphatic rings. The maximum atomic E-state index is 14.6. The van der Waals surface area contributed by atoms with E-state index in [1.165, 1.54) is 6.07 Å². The molecular formula is C24H27F3N4O4S. The Labute approximate surface area is 208 Å². The largest absolute Gasteiger partial charge is 0.444 e. The lowest BCUT2D eigenvalue weighted by Gasteiger charge is -2.35. The minimum atomic E-state index is -4.39. The molecule has 3 aliphatic heterocycles. The van der Waals surface area contributed by atoms with E-state index in [4.69, 9.17) is 4.74 Å². The molecule has 36 heavy (non-hydrogen) atoms. The second kappa shape index (κ2) is 8.55. The standard InChI is InChI=1S/C24H27F3N4O4S/c1-24(2,3)35-23(32)29-14-16-12-17(29)13-28(16)8-9-30-20-6-4-5-7-21(20)31(36(30,33)34)22-18(26)10-15(25)11-19(22)27/h4-7,10-11,16-17H,8-9,12-14H2,1-3H3/t16-,17-/m0/s1. The van der Waals surface area contributed by atoms with Gasteiger partial charge >= 0.3 is 16.3 Å². The second-order valence-corrected chi connectivity index (χ2v) is 11.9. The number of nitrogens with zero attached hydrogens (tertiary/aromatic N) is 4. The average molecular weight is 525 g/mol. The molecule has 2 aromatic carbocycles. The topological polar surface area (TPSA) is 73.4 Å². The van der Waals surface area contributed by atoms with Crippen LogP contribution in [0.2, 0.25) is 0 Å². The van der Waals surface area contributed by atoms with Gasteiger partial charge in [0, 0.05) is 50.4 Å². The van der Waals surface area contributed by atoms with E-state index in [1.54, 1.807) is 23.1 Å². The fraction of sp³-hybridized carbons (Fsp3) is 0.458. The number of fused-ring (bicyclic) bond motifs is 3. The van der Waals surface area contributed by atoms with Crippen molar-refractivity contribution in [3.63, 3.8) is 0 Å². The van der Waals surface area contributed by atoms with Crippen LogP contribution in [0.1, 0.15) is 27.2 Å². The Balaban J connectivity index is 1.34. The van der Waals surface area contributed by atoms with Crippen LogP contribution in [0.5, 0.6) is 0 Å². The molecule has 0 radical (unpaired) electrons. The highest BCUT2D eigenvalue weighted by atomic mass is 32.2. The predicted molar refractivity (Wildman–Crippen MR) is 128 cm³/mol. The molecule has 2 aromatic rings. The Morgan fingerprint density at radius 3 is 2.22 bits per heavy atom. The van der Waals surface area contributed by atoms with Crippen LogP contribution >= 0.6 is 0 Å². The van der Waals surface area contributed by atoms with E-state index in [0.717, 1.165) is 10.7 Å². The summed E-state index contributed by atoms with van der Waals surface area (Å²) in [6.45, 7) is 6.90. The number of halogens is 3. The van der Waals surface area contributed by atoms with Crippen molar-refractivity contribution in [3.8, 4) is 0 Å². The van der Waals surface area contributed by atoms with Crippen molar-refractivity contribution in [1.82, 2.24) is 9.80 Å². The van der Waals surface area contributed by atoms with Gasteiger partial charge in [-0.2, -0.15) is 8.42 Å². The Morgan fingerprint density at radius 1 is 1.00 bits per heavy atom. The van der Waals surface area contributed by atoms with Gasteiger partial charge in [-0.3, -0.25) is 4.90 Å². The third-order valence-electron chi connectivity index (χ3n) is 6.64. The molecule has 5 rings (SSSR count). The van der Waals surface area contributed by atoms with Gasteiger partial charge in [0.05, 0.1) is 11.4 Å². The fourth-order valence-corrected chi connectivity index (χ4v) is 6.90. The van der Waals surface area contributed by atoms with Crippen molar-refractivity contribution < 1.29 is 31.1 Å². The number of carbonyl (C=O) groups is 1. The molecule has 12 heteroatoms. The number of piperazine rings is 1. The van der Waals surface area contributed by atoms with Crippen LogP contribution in [0.3, 0.4) is 0 Å². The molecule has 0 unspecified atom stereocenters. The van der Waals surface area contributed by atoms with E-state index in [2.05, 4.69) is 4.90 Å². The predicted octanol–water partition coefficient (Wildman–Crippen LogP) is 4.00. The van der Waals surface area contributed by atoms with Gasteiger partial charge in [-0.05, 0) is 39.3 Å². The molecule has 0 saturated carbocycles. The van der Waals surface area contributed by atoms with Crippen LogP contribution in [-0.2, 0) is 14.9 Å². The minimum Gasteiger partial charge on any atom is -0.444 e. The highest BCUT2D eigenvalue weighted by molar-refractivity contribution is 7.95. The van der Waals surface area contributed by atoms with E-state index in [1.807, 2.05) is 20.8 Å².